The third-order valence-electron chi connectivity index (χ3n) is 1.81. The fourth-order valence-electron chi connectivity index (χ4n) is 1.13. The molecule has 0 spiro atoms. The lowest BCUT2D eigenvalue weighted by Gasteiger charge is -2.07. The minimum Gasteiger partial charge on any atom is -0.481 e. The first-order valence-electron chi connectivity index (χ1n) is 3.34. The van der Waals surface area contributed by atoms with Crippen molar-refractivity contribution in [1.29, 1.82) is 0 Å². The van der Waals surface area contributed by atoms with Crippen LogP contribution < -0.4 is 0 Å². The molecular weight excluding hydrogens is 189 g/mol. The van der Waals surface area contributed by atoms with Gasteiger partial charge in [-0.3, -0.25) is 4.79 Å². The van der Waals surface area contributed by atoms with Crippen molar-refractivity contribution in [2.24, 2.45) is 5.92 Å². The van der Waals surface area contributed by atoms with Crippen molar-refractivity contribution in [3.05, 3.63) is 0 Å². The summed E-state index contributed by atoms with van der Waals surface area (Å²) in [5.74, 6) is -1.85. The number of carboxylic acids is 1. The lowest BCUT2D eigenvalue weighted by Crippen LogP contribution is -2.26. The van der Waals surface area contributed by atoms with Gasteiger partial charge in [-0.05, 0) is 6.42 Å². The van der Waals surface area contributed by atoms with Crippen molar-refractivity contribution in [3.8, 4) is 0 Å². The molecule has 0 aromatic carbocycles. The molecule has 0 aromatic heterocycles. The van der Waals surface area contributed by atoms with Crippen LogP contribution >= 0.6 is 0 Å². The standard InChI is InChI=1S/C5H8FNO4S/c6-12(10,11)7-2-1-4(3-7)5(8)9/h4H,1-3H2,(H,8,9). The number of hydrogen-bond acceptors (Lipinski definition) is 3. The first kappa shape index (κ1) is 9.40. The fourth-order valence-corrected chi connectivity index (χ4v) is 1.81. The van der Waals surface area contributed by atoms with E-state index < -0.39 is 22.3 Å². The number of nitrogens with zero attached hydrogens (tertiary/aromatic N) is 1. The quantitative estimate of drug-likeness (QED) is 0.611. The van der Waals surface area contributed by atoms with Gasteiger partial charge >= 0.3 is 16.4 Å². The van der Waals surface area contributed by atoms with E-state index in [0.717, 1.165) is 0 Å². The van der Waals surface area contributed by atoms with Crippen molar-refractivity contribution in [3.63, 3.8) is 0 Å². The summed E-state index contributed by atoms with van der Waals surface area (Å²) in [5.41, 5.74) is 0. The van der Waals surface area contributed by atoms with E-state index in [-0.39, 0.29) is 19.5 Å². The van der Waals surface area contributed by atoms with E-state index in [1.54, 1.807) is 0 Å². The van der Waals surface area contributed by atoms with Crippen LogP contribution in [0.1, 0.15) is 6.42 Å². The third-order valence-corrected chi connectivity index (χ3v) is 2.76. The Bertz CT molecular complexity index is 288. The van der Waals surface area contributed by atoms with E-state index >= 15 is 0 Å². The Balaban J connectivity index is 2.64. The molecule has 0 amide bonds. The molecule has 1 aliphatic rings. The summed E-state index contributed by atoms with van der Waals surface area (Å²) < 4.78 is 33.3. The van der Waals surface area contributed by atoms with Crippen LogP contribution in [0.3, 0.4) is 0 Å². The number of rotatable bonds is 2. The molecule has 1 N–H and O–H groups in total. The van der Waals surface area contributed by atoms with Crippen molar-refractivity contribution < 1.29 is 22.2 Å². The first-order valence-corrected chi connectivity index (χ1v) is 4.68. The van der Waals surface area contributed by atoms with Crippen molar-refractivity contribution >= 4 is 16.4 Å². The van der Waals surface area contributed by atoms with Gasteiger partial charge in [0.1, 0.15) is 0 Å². The predicted molar refractivity (Wildman–Crippen MR) is 37.3 cm³/mol. The maximum Gasteiger partial charge on any atom is 0.374 e. The molecule has 12 heavy (non-hydrogen) atoms. The summed E-state index contributed by atoms with van der Waals surface area (Å²) in [6.07, 6.45) is 0.179. The summed E-state index contributed by atoms with van der Waals surface area (Å²) >= 11 is 0. The Morgan fingerprint density at radius 3 is 2.42 bits per heavy atom. The van der Waals surface area contributed by atoms with Gasteiger partial charge in [-0.1, -0.05) is 3.89 Å². The van der Waals surface area contributed by atoms with Gasteiger partial charge in [0.05, 0.1) is 5.92 Å². The van der Waals surface area contributed by atoms with Crippen LogP contribution in [-0.4, -0.2) is 36.9 Å². The van der Waals surface area contributed by atoms with Crippen molar-refractivity contribution in [2.75, 3.05) is 13.1 Å². The maximum atomic E-state index is 12.2. The fraction of sp³-hybridized carbons (Fsp3) is 0.800. The molecule has 0 aliphatic carbocycles. The molecule has 5 nitrogen and oxygen atoms in total. The van der Waals surface area contributed by atoms with E-state index in [4.69, 9.17) is 5.11 Å². The zero-order valence-electron chi connectivity index (χ0n) is 6.10. The molecule has 0 bridgehead atoms. The molecule has 1 rings (SSSR count). The van der Waals surface area contributed by atoms with Crippen LogP contribution in [0.15, 0.2) is 0 Å². The van der Waals surface area contributed by atoms with Gasteiger partial charge in [-0.15, -0.1) is 0 Å². The van der Waals surface area contributed by atoms with Crippen LogP contribution in [-0.2, 0) is 15.2 Å². The number of hydrogen-bond donors (Lipinski definition) is 1. The second-order valence-electron chi connectivity index (χ2n) is 2.62. The number of carboxylic acid groups (broad SMARTS) is 1. The summed E-state index contributed by atoms with van der Waals surface area (Å²) in [5, 5.41) is 8.45. The minimum absolute atomic E-state index is 0.0458. The summed E-state index contributed by atoms with van der Waals surface area (Å²) in [7, 11) is -4.70. The Kier molecular flexibility index (Phi) is 2.34. The van der Waals surface area contributed by atoms with Gasteiger partial charge < -0.3 is 5.11 Å². The highest BCUT2D eigenvalue weighted by atomic mass is 32.3. The molecule has 1 saturated heterocycles. The molecule has 0 radical (unpaired) electrons. The summed E-state index contributed by atoms with van der Waals surface area (Å²) in [4.78, 5) is 10.3. The van der Waals surface area contributed by atoms with Crippen LogP contribution in [0.4, 0.5) is 3.89 Å². The molecule has 70 valence electrons. The zero-order chi connectivity index (χ0) is 9.35. The molecule has 1 unspecified atom stereocenters. The topological polar surface area (TPSA) is 74.7 Å². The van der Waals surface area contributed by atoms with Gasteiger partial charge in [-0.2, -0.15) is 12.7 Å². The Labute approximate surface area is 69.1 Å². The van der Waals surface area contributed by atoms with E-state index in [0.29, 0.717) is 4.31 Å². The largest absolute Gasteiger partial charge is 0.481 e. The Morgan fingerprint density at radius 2 is 2.17 bits per heavy atom. The average molecular weight is 197 g/mol. The predicted octanol–water partition coefficient (Wildman–Crippen LogP) is -0.393. The van der Waals surface area contributed by atoms with Crippen molar-refractivity contribution in [2.45, 2.75) is 6.42 Å². The normalized spacial score (nSPS) is 25.9. The summed E-state index contributed by atoms with van der Waals surface area (Å²) in [6.45, 7) is -0.302. The zero-order valence-corrected chi connectivity index (χ0v) is 6.92. The van der Waals surface area contributed by atoms with E-state index in [1.807, 2.05) is 0 Å². The van der Waals surface area contributed by atoms with Gasteiger partial charge in [0.15, 0.2) is 0 Å². The molecule has 1 heterocycles. The number of carbonyl (C=O) groups is 1. The van der Waals surface area contributed by atoms with E-state index in [2.05, 4.69) is 0 Å². The van der Waals surface area contributed by atoms with Crippen LogP contribution in [0, 0.1) is 5.92 Å². The minimum atomic E-state index is -4.70. The van der Waals surface area contributed by atoms with E-state index in [9.17, 15) is 17.1 Å². The second kappa shape index (κ2) is 2.98. The number of halogens is 1. The second-order valence-corrected chi connectivity index (χ2v) is 3.96. The van der Waals surface area contributed by atoms with Crippen LogP contribution in [0.2, 0.25) is 0 Å². The third kappa shape index (κ3) is 1.92. The highest BCUT2D eigenvalue weighted by Gasteiger charge is 2.34. The van der Waals surface area contributed by atoms with Crippen LogP contribution in [0.25, 0.3) is 0 Å². The van der Waals surface area contributed by atoms with Crippen LogP contribution in [0.5, 0.6) is 0 Å². The molecular formula is C5H8FNO4S. The highest BCUT2D eigenvalue weighted by Crippen LogP contribution is 2.19. The van der Waals surface area contributed by atoms with Gasteiger partial charge in [0.2, 0.25) is 0 Å². The molecule has 1 aliphatic heterocycles. The number of aliphatic carboxylic acids is 1. The lowest BCUT2D eigenvalue weighted by molar-refractivity contribution is -0.141. The van der Waals surface area contributed by atoms with Gasteiger partial charge in [-0.25, -0.2) is 0 Å². The molecule has 0 saturated carbocycles. The van der Waals surface area contributed by atoms with Crippen molar-refractivity contribution in [1.82, 2.24) is 4.31 Å². The molecule has 1 fully saturated rings. The highest BCUT2D eigenvalue weighted by molar-refractivity contribution is 7.83. The van der Waals surface area contributed by atoms with E-state index in [1.165, 1.54) is 0 Å². The Hall–Kier alpha value is -0.690. The monoisotopic (exact) mass is 197 g/mol. The smallest absolute Gasteiger partial charge is 0.374 e. The van der Waals surface area contributed by atoms with Gasteiger partial charge in [0.25, 0.3) is 0 Å². The lowest BCUT2D eigenvalue weighted by atomic mass is 10.1. The molecule has 0 aromatic rings. The Morgan fingerprint density at radius 1 is 1.58 bits per heavy atom. The molecule has 7 heteroatoms. The maximum absolute atomic E-state index is 12.2. The van der Waals surface area contributed by atoms with Gasteiger partial charge in [0, 0.05) is 13.1 Å². The summed E-state index contributed by atoms with van der Waals surface area (Å²) in [6, 6.07) is 0. The molecule has 1 atom stereocenters. The average Bonchev–Trinajstić information content (AvgIpc) is 2.30. The SMILES string of the molecule is O=C(O)C1CCN(S(=O)(=O)F)C1. The first-order chi connectivity index (χ1) is 5.41.